The molecule has 35 heavy (non-hydrogen) atoms. The van der Waals surface area contributed by atoms with Crippen LogP contribution in [0.2, 0.25) is 0 Å². The number of piperazine rings is 1. The lowest BCUT2D eigenvalue weighted by Gasteiger charge is -2.36. The summed E-state index contributed by atoms with van der Waals surface area (Å²) in [5.41, 5.74) is 4.38. The molecule has 1 fully saturated rings. The Balaban J connectivity index is 1.39. The van der Waals surface area contributed by atoms with Gasteiger partial charge in [-0.15, -0.1) is 0 Å². The van der Waals surface area contributed by atoms with Crippen LogP contribution in [0.4, 0.5) is 5.69 Å². The van der Waals surface area contributed by atoms with Gasteiger partial charge in [-0.1, -0.05) is 42.5 Å². The van der Waals surface area contributed by atoms with Crippen molar-refractivity contribution in [3.05, 3.63) is 120 Å². The molecule has 5 rings (SSSR count). The van der Waals surface area contributed by atoms with Crippen molar-refractivity contribution in [2.24, 2.45) is 0 Å². The Labute approximate surface area is 204 Å². The molecule has 0 unspecified atom stereocenters. The van der Waals surface area contributed by atoms with E-state index in [2.05, 4.69) is 22.0 Å². The zero-order valence-electron chi connectivity index (χ0n) is 19.3. The number of carbonyl (C=O) groups is 1. The molecule has 1 aliphatic rings. The smallest absolute Gasteiger partial charge is 0.254 e. The standard InChI is InChI=1S/C29H27N3O3/c33-25-10-6-21(7-11-25)28(22-8-12-26(34)13-9-22)27-20-23(14-15-30-27)29(35)32-18-16-31(17-19-32)24-4-2-1-3-5-24/h1-15,20,28,33-34H,16-19H2. The van der Waals surface area contributed by atoms with Gasteiger partial charge >= 0.3 is 0 Å². The average Bonchev–Trinajstić information content (AvgIpc) is 2.91. The third-order valence-corrected chi connectivity index (χ3v) is 6.46. The third-order valence-electron chi connectivity index (χ3n) is 6.46. The molecule has 176 valence electrons. The van der Waals surface area contributed by atoms with E-state index in [9.17, 15) is 15.0 Å². The first-order valence-electron chi connectivity index (χ1n) is 11.7. The molecule has 1 aliphatic heterocycles. The van der Waals surface area contributed by atoms with Gasteiger partial charge in [0.15, 0.2) is 0 Å². The number of anilines is 1. The van der Waals surface area contributed by atoms with Crippen molar-refractivity contribution in [2.45, 2.75) is 5.92 Å². The van der Waals surface area contributed by atoms with Crippen molar-refractivity contribution >= 4 is 11.6 Å². The number of para-hydroxylation sites is 1. The largest absolute Gasteiger partial charge is 0.508 e. The summed E-state index contributed by atoms with van der Waals surface area (Å²) in [7, 11) is 0. The topological polar surface area (TPSA) is 76.9 Å². The summed E-state index contributed by atoms with van der Waals surface area (Å²) in [6.07, 6.45) is 1.68. The summed E-state index contributed by atoms with van der Waals surface area (Å²) in [5.74, 6) is 0.116. The molecule has 1 aromatic heterocycles. The van der Waals surface area contributed by atoms with E-state index in [4.69, 9.17) is 0 Å². The quantitative estimate of drug-likeness (QED) is 0.449. The van der Waals surface area contributed by atoms with Gasteiger partial charge in [-0.25, -0.2) is 0 Å². The van der Waals surface area contributed by atoms with Crippen LogP contribution in [-0.4, -0.2) is 52.2 Å². The number of carbonyl (C=O) groups excluding carboxylic acids is 1. The van der Waals surface area contributed by atoms with Gasteiger partial charge in [0, 0.05) is 43.6 Å². The first-order valence-corrected chi connectivity index (χ1v) is 11.7. The fourth-order valence-corrected chi connectivity index (χ4v) is 4.60. The van der Waals surface area contributed by atoms with Crippen LogP contribution < -0.4 is 4.90 Å². The predicted molar refractivity (Wildman–Crippen MR) is 136 cm³/mol. The summed E-state index contributed by atoms with van der Waals surface area (Å²) >= 11 is 0. The second kappa shape index (κ2) is 9.89. The van der Waals surface area contributed by atoms with Crippen molar-refractivity contribution in [3.8, 4) is 11.5 Å². The monoisotopic (exact) mass is 465 g/mol. The molecule has 0 radical (unpaired) electrons. The van der Waals surface area contributed by atoms with Crippen LogP contribution in [-0.2, 0) is 0 Å². The molecular formula is C29H27N3O3. The normalized spacial score (nSPS) is 13.7. The summed E-state index contributed by atoms with van der Waals surface area (Å²) in [4.78, 5) is 22.2. The van der Waals surface area contributed by atoms with Gasteiger partial charge in [0.2, 0.25) is 0 Å². The minimum Gasteiger partial charge on any atom is -0.508 e. The molecule has 1 amide bonds. The summed E-state index contributed by atoms with van der Waals surface area (Å²) in [6.45, 7) is 2.89. The number of phenols is 2. The summed E-state index contributed by atoms with van der Waals surface area (Å²) in [6, 6.07) is 27.9. The van der Waals surface area contributed by atoms with E-state index in [1.54, 1.807) is 36.5 Å². The highest BCUT2D eigenvalue weighted by Crippen LogP contribution is 2.33. The number of nitrogens with zero attached hydrogens (tertiary/aromatic N) is 3. The Hall–Kier alpha value is -4.32. The Kier molecular flexibility index (Phi) is 6.35. The SMILES string of the molecule is O=C(c1ccnc(C(c2ccc(O)cc2)c2ccc(O)cc2)c1)N1CCN(c2ccccc2)CC1. The average molecular weight is 466 g/mol. The van der Waals surface area contributed by atoms with Crippen molar-refractivity contribution < 1.29 is 15.0 Å². The van der Waals surface area contributed by atoms with E-state index in [1.807, 2.05) is 53.4 Å². The van der Waals surface area contributed by atoms with E-state index < -0.39 is 0 Å². The van der Waals surface area contributed by atoms with Gasteiger partial charge in [-0.3, -0.25) is 9.78 Å². The third kappa shape index (κ3) is 4.96. The van der Waals surface area contributed by atoms with Crippen LogP contribution >= 0.6 is 0 Å². The van der Waals surface area contributed by atoms with Crippen molar-refractivity contribution in [1.29, 1.82) is 0 Å². The van der Waals surface area contributed by atoms with Gasteiger partial charge in [-0.2, -0.15) is 0 Å². The lowest BCUT2D eigenvalue weighted by molar-refractivity contribution is 0.0746. The fraction of sp³-hybridized carbons (Fsp3) is 0.172. The Morgan fingerprint density at radius 3 is 1.89 bits per heavy atom. The highest BCUT2D eigenvalue weighted by molar-refractivity contribution is 5.94. The second-order valence-electron chi connectivity index (χ2n) is 8.70. The predicted octanol–water partition coefficient (Wildman–Crippen LogP) is 4.64. The van der Waals surface area contributed by atoms with Gasteiger partial charge in [0.25, 0.3) is 5.91 Å². The number of benzene rings is 3. The van der Waals surface area contributed by atoms with Crippen LogP contribution in [0, 0.1) is 0 Å². The minimum atomic E-state index is -0.251. The summed E-state index contributed by atoms with van der Waals surface area (Å²) in [5, 5.41) is 19.5. The highest BCUT2D eigenvalue weighted by atomic mass is 16.3. The van der Waals surface area contributed by atoms with Gasteiger partial charge in [0.05, 0.1) is 11.6 Å². The molecule has 0 spiro atoms. The molecule has 0 saturated carbocycles. The Morgan fingerprint density at radius 1 is 0.743 bits per heavy atom. The lowest BCUT2D eigenvalue weighted by Crippen LogP contribution is -2.48. The van der Waals surface area contributed by atoms with Gasteiger partial charge in [0.1, 0.15) is 11.5 Å². The van der Waals surface area contributed by atoms with Crippen molar-refractivity contribution in [2.75, 3.05) is 31.1 Å². The first-order chi connectivity index (χ1) is 17.1. The number of amides is 1. The van der Waals surface area contributed by atoms with Crippen molar-refractivity contribution in [3.63, 3.8) is 0 Å². The molecule has 1 saturated heterocycles. The molecule has 4 aromatic rings. The number of aromatic hydroxyl groups is 2. The molecule has 6 nitrogen and oxygen atoms in total. The van der Waals surface area contributed by atoms with Crippen LogP contribution in [0.5, 0.6) is 11.5 Å². The molecule has 6 heteroatoms. The second-order valence-corrected chi connectivity index (χ2v) is 8.70. The van der Waals surface area contributed by atoms with Crippen LogP contribution in [0.1, 0.15) is 33.1 Å². The first kappa shape index (κ1) is 22.5. The Bertz CT molecular complexity index is 1240. The maximum absolute atomic E-state index is 13.4. The number of aromatic nitrogens is 1. The van der Waals surface area contributed by atoms with E-state index in [-0.39, 0.29) is 23.3 Å². The highest BCUT2D eigenvalue weighted by Gasteiger charge is 2.24. The lowest BCUT2D eigenvalue weighted by atomic mass is 9.87. The van der Waals surface area contributed by atoms with E-state index in [0.717, 1.165) is 29.9 Å². The van der Waals surface area contributed by atoms with Gasteiger partial charge < -0.3 is 20.0 Å². The van der Waals surface area contributed by atoms with Crippen LogP contribution in [0.15, 0.2) is 97.2 Å². The number of rotatable bonds is 5. The molecule has 2 heterocycles. The molecule has 3 aromatic carbocycles. The fourth-order valence-electron chi connectivity index (χ4n) is 4.60. The van der Waals surface area contributed by atoms with Gasteiger partial charge in [-0.05, 0) is 59.7 Å². The maximum Gasteiger partial charge on any atom is 0.254 e. The molecular weight excluding hydrogens is 438 g/mol. The summed E-state index contributed by atoms with van der Waals surface area (Å²) < 4.78 is 0. The molecule has 2 N–H and O–H groups in total. The van der Waals surface area contributed by atoms with Crippen LogP contribution in [0.25, 0.3) is 0 Å². The minimum absolute atomic E-state index is 0.00322. The Morgan fingerprint density at radius 2 is 1.31 bits per heavy atom. The number of phenolic OH excluding ortho intramolecular Hbond substituents is 2. The van der Waals surface area contributed by atoms with Crippen LogP contribution in [0.3, 0.4) is 0 Å². The molecule has 0 atom stereocenters. The molecule has 0 aliphatic carbocycles. The number of pyridine rings is 1. The maximum atomic E-state index is 13.4. The van der Waals surface area contributed by atoms with E-state index in [1.165, 1.54) is 5.69 Å². The van der Waals surface area contributed by atoms with E-state index >= 15 is 0 Å². The van der Waals surface area contributed by atoms with Crippen molar-refractivity contribution in [1.82, 2.24) is 9.88 Å². The van der Waals surface area contributed by atoms with E-state index in [0.29, 0.717) is 18.7 Å². The zero-order chi connectivity index (χ0) is 24.2. The number of hydrogen-bond acceptors (Lipinski definition) is 5. The number of hydrogen-bond donors (Lipinski definition) is 2. The zero-order valence-corrected chi connectivity index (χ0v) is 19.3. The molecule has 0 bridgehead atoms.